The average Bonchev–Trinajstić information content (AvgIpc) is 2.73. The average molecular weight is 400 g/mol. The van der Waals surface area contributed by atoms with Gasteiger partial charge in [0.05, 0.1) is 6.54 Å². The van der Waals surface area contributed by atoms with Crippen LogP contribution in [0.5, 0.6) is 0 Å². The van der Waals surface area contributed by atoms with Gasteiger partial charge in [0.15, 0.2) is 5.96 Å². The lowest BCUT2D eigenvalue weighted by Crippen LogP contribution is -2.40. The van der Waals surface area contributed by atoms with Gasteiger partial charge in [-0.1, -0.05) is 30.3 Å². The number of hydrogen-bond acceptors (Lipinski definition) is 4. The number of hydrogen-bond donors (Lipinski definition) is 2. The van der Waals surface area contributed by atoms with Gasteiger partial charge in [-0.15, -0.1) is 0 Å². The Morgan fingerprint density at radius 3 is 2.55 bits per heavy atom. The second-order valence-corrected chi connectivity index (χ2v) is 6.99. The SMILES string of the molecule is CN=C(NCCN(C)CCCOC)NCc1ccc(Cn2ccccc2=O)cc1. The molecule has 29 heavy (non-hydrogen) atoms. The Morgan fingerprint density at radius 2 is 1.86 bits per heavy atom. The van der Waals surface area contributed by atoms with Crippen LogP contribution in [0.1, 0.15) is 17.5 Å². The minimum atomic E-state index is 0.0115. The molecule has 0 amide bonds. The van der Waals surface area contributed by atoms with E-state index in [2.05, 4.69) is 51.8 Å². The fourth-order valence-electron chi connectivity index (χ4n) is 2.91. The summed E-state index contributed by atoms with van der Waals surface area (Å²) in [5, 5.41) is 6.67. The first-order valence-corrected chi connectivity index (χ1v) is 9.97. The van der Waals surface area contributed by atoms with E-state index in [0.717, 1.165) is 49.7 Å². The molecule has 0 aliphatic carbocycles. The van der Waals surface area contributed by atoms with Crippen molar-refractivity contribution in [2.45, 2.75) is 19.5 Å². The van der Waals surface area contributed by atoms with Crippen LogP contribution in [-0.4, -0.2) is 62.9 Å². The molecule has 1 aromatic carbocycles. The lowest BCUT2D eigenvalue weighted by Gasteiger charge is -2.18. The smallest absolute Gasteiger partial charge is 0.250 e. The Labute approximate surface area is 173 Å². The van der Waals surface area contributed by atoms with E-state index in [-0.39, 0.29) is 5.56 Å². The number of aliphatic imine (C=N–C) groups is 1. The molecule has 2 N–H and O–H groups in total. The van der Waals surface area contributed by atoms with E-state index < -0.39 is 0 Å². The third kappa shape index (κ3) is 8.50. The molecule has 0 aliphatic rings. The number of nitrogens with one attached hydrogen (secondary N) is 2. The molecule has 0 unspecified atom stereocenters. The van der Waals surface area contributed by atoms with Gasteiger partial charge in [0, 0.05) is 59.2 Å². The van der Waals surface area contributed by atoms with Gasteiger partial charge in [-0.3, -0.25) is 9.79 Å². The molecule has 158 valence electrons. The summed E-state index contributed by atoms with van der Waals surface area (Å²) in [6.07, 6.45) is 2.84. The normalized spacial score (nSPS) is 11.7. The quantitative estimate of drug-likeness (QED) is 0.341. The number of pyridine rings is 1. The van der Waals surface area contributed by atoms with Crippen molar-refractivity contribution in [2.24, 2.45) is 4.99 Å². The van der Waals surface area contributed by atoms with Gasteiger partial charge in [0.2, 0.25) is 0 Å². The highest BCUT2D eigenvalue weighted by molar-refractivity contribution is 5.79. The molecular formula is C22H33N5O2. The van der Waals surface area contributed by atoms with Crippen molar-refractivity contribution in [3.05, 3.63) is 70.1 Å². The summed E-state index contributed by atoms with van der Waals surface area (Å²) < 4.78 is 6.78. The Kier molecular flexibility index (Phi) is 9.95. The predicted octanol–water partition coefficient (Wildman–Crippen LogP) is 1.53. The topological polar surface area (TPSA) is 70.9 Å². The number of ether oxygens (including phenoxy) is 1. The number of aromatic nitrogens is 1. The maximum Gasteiger partial charge on any atom is 0.250 e. The molecule has 0 bridgehead atoms. The second kappa shape index (κ2) is 12.7. The van der Waals surface area contributed by atoms with Gasteiger partial charge in [-0.2, -0.15) is 0 Å². The van der Waals surface area contributed by atoms with E-state index in [9.17, 15) is 4.79 Å². The molecule has 7 nitrogen and oxygen atoms in total. The third-order valence-electron chi connectivity index (χ3n) is 4.63. The van der Waals surface area contributed by atoms with Crippen LogP contribution in [0.4, 0.5) is 0 Å². The molecular weight excluding hydrogens is 366 g/mol. The van der Waals surface area contributed by atoms with Crippen molar-refractivity contribution < 1.29 is 4.74 Å². The van der Waals surface area contributed by atoms with Crippen LogP contribution in [0.3, 0.4) is 0 Å². The molecule has 1 heterocycles. The van der Waals surface area contributed by atoms with Gasteiger partial charge in [0.1, 0.15) is 0 Å². The largest absolute Gasteiger partial charge is 0.385 e. The molecule has 2 rings (SSSR count). The van der Waals surface area contributed by atoms with Crippen LogP contribution < -0.4 is 16.2 Å². The highest BCUT2D eigenvalue weighted by Crippen LogP contribution is 2.05. The van der Waals surface area contributed by atoms with E-state index in [1.165, 1.54) is 0 Å². The molecule has 1 aromatic heterocycles. The van der Waals surface area contributed by atoms with Crippen LogP contribution in [0.15, 0.2) is 58.4 Å². The van der Waals surface area contributed by atoms with Crippen molar-refractivity contribution in [3.8, 4) is 0 Å². The molecule has 0 radical (unpaired) electrons. The first-order chi connectivity index (χ1) is 14.1. The summed E-state index contributed by atoms with van der Waals surface area (Å²) in [6.45, 7) is 4.85. The summed E-state index contributed by atoms with van der Waals surface area (Å²) in [5.41, 5.74) is 2.27. The zero-order valence-electron chi connectivity index (χ0n) is 17.7. The number of likely N-dealkylation sites (N-methyl/N-ethyl adjacent to an activating group) is 1. The molecule has 0 atom stereocenters. The van der Waals surface area contributed by atoms with Gasteiger partial charge in [-0.05, 0) is 30.7 Å². The molecule has 0 spiro atoms. The number of rotatable bonds is 11. The summed E-state index contributed by atoms with van der Waals surface area (Å²) in [4.78, 5) is 18.4. The van der Waals surface area contributed by atoms with Gasteiger partial charge >= 0.3 is 0 Å². The first-order valence-electron chi connectivity index (χ1n) is 9.97. The van der Waals surface area contributed by atoms with Crippen LogP contribution in [0, 0.1) is 0 Å². The number of benzene rings is 1. The number of nitrogens with zero attached hydrogens (tertiary/aromatic N) is 3. The van der Waals surface area contributed by atoms with Crippen LogP contribution >= 0.6 is 0 Å². The standard InChI is InChI=1S/C22H33N5O2/c1-23-22(24-12-15-26(2)13-6-16-29-3)25-17-19-8-10-20(11-9-19)18-27-14-5-4-7-21(27)28/h4-5,7-11,14H,6,12-13,15-18H2,1-3H3,(H2,23,24,25). The Balaban J connectivity index is 1.73. The van der Waals surface area contributed by atoms with Crippen molar-refractivity contribution in [1.82, 2.24) is 20.1 Å². The Hall–Kier alpha value is -2.64. The highest BCUT2D eigenvalue weighted by atomic mass is 16.5. The van der Waals surface area contributed by atoms with Crippen LogP contribution in [-0.2, 0) is 17.8 Å². The van der Waals surface area contributed by atoms with Crippen LogP contribution in [0.25, 0.3) is 0 Å². The summed E-state index contributed by atoms with van der Waals surface area (Å²) in [6, 6.07) is 13.5. The molecule has 0 aliphatic heterocycles. The summed E-state index contributed by atoms with van der Waals surface area (Å²) in [5.74, 6) is 0.787. The van der Waals surface area contributed by atoms with Gasteiger partial charge < -0.3 is 24.8 Å². The van der Waals surface area contributed by atoms with Crippen molar-refractivity contribution in [3.63, 3.8) is 0 Å². The van der Waals surface area contributed by atoms with E-state index in [1.807, 2.05) is 12.3 Å². The first kappa shape index (κ1) is 22.6. The zero-order chi connectivity index (χ0) is 20.9. The number of guanidine groups is 1. The van der Waals surface area contributed by atoms with E-state index >= 15 is 0 Å². The van der Waals surface area contributed by atoms with E-state index in [0.29, 0.717) is 13.1 Å². The minimum Gasteiger partial charge on any atom is -0.385 e. The highest BCUT2D eigenvalue weighted by Gasteiger charge is 2.02. The van der Waals surface area contributed by atoms with Gasteiger partial charge in [0.25, 0.3) is 5.56 Å². The molecule has 0 fully saturated rings. The molecule has 7 heteroatoms. The lowest BCUT2D eigenvalue weighted by atomic mass is 10.1. The monoisotopic (exact) mass is 399 g/mol. The fourth-order valence-corrected chi connectivity index (χ4v) is 2.91. The second-order valence-electron chi connectivity index (χ2n) is 6.99. The van der Waals surface area contributed by atoms with Crippen molar-refractivity contribution in [2.75, 3.05) is 47.4 Å². The number of methoxy groups -OCH3 is 1. The Morgan fingerprint density at radius 1 is 1.10 bits per heavy atom. The maximum absolute atomic E-state index is 11.8. The van der Waals surface area contributed by atoms with E-state index in [1.54, 1.807) is 30.9 Å². The van der Waals surface area contributed by atoms with Gasteiger partial charge in [-0.25, -0.2) is 0 Å². The summed E-state index contributed by atoms with van der Waals surface area (Å²) in [7, 11) is 5.62. The van der Waals surface area contributed by atoms with Crippen molar-refractivity contribution >= 4 is 5.96 Å². The molecule has 0 saturated carbocycles. The summed E-state index contributed by atoms with van der Waals surface area (Å²) >= 11 is 0. The lowest BCUT2D eigenvalue weighted by molar-refractivity contribution is 0.180. The predicted molar refractivity (Wildman–Crippen MR) is 118 cm³/mol. The van der Waals surface area contributed by atoms with Crippen molar-refractivity contribution in [1.29, 1.82) is 0 Å². The Bertz CT molecular complexity index is 801. The zero-order valence-corrected chi connectivity index (χ0v) is 17.7. The maximum atomic E-state index is 11.8. The molecule has 0 saturated heterocycles. The molecule has 2 aromatic rings. The third-order valence-corrected chi connectivity index (χ3v) is 4.63. The van der Waals surface area contributed by atoms with E-state index in [4.69, 9.17) is 4.74 Å². The van der Waals surface area contributed by atoms with Crippen LogP contribution in [0.2, 0.25) is 0 Å². The fraction of sp³-hybridized carbons (Fsp3) is 0.455. The minimum absolute atomic E-state index is 0.0115.